The van der Waals surface area contributed by atoms with Gasteiger partial charge in [0.05, 0.1) is 27.7 Å². The Labute approximate surface area is 190 Å². The molecule has 0 saturated carbocycles. The largest absolute Gasteiger partial charge is 0.321 e. The third-order valence-corrected chi connectivity index (χ3v) is 7.47. The number of benzene rings is 2. The van der Waals surface area contributed by atoms with Crippen LogP contribution < -0.4 is 9.62 Å². The number of hydrogen-bond donors (Lipinski definition) is 1. The van der Waals surface area contributed by atoms with Gasteiger partial charge in [0.15, 0.2) is 5.13 Å². The van der Waals surface area contributed by atoms with E-state index in [1.165, 1.54) is 18.3 Å². The minimum Gasteiger partial charge on any atom is -0.321 e. The van der Waals surface area contributed by atoms with Gasteiger partial charge in [-0.2, -0.15) is 5.10 Å². The van der Waals surface area contributed by atoms with E-state index >= 15 is 0 Å². The summed E-state index contributed by atoms with van der Waals surface area (Å²) in [6.07, 6.45) is 1.50. The predicted molar refractivity (Wildman–Crippen MR) is 125 cm³/mol. The fourth-order valence-electron chi connectivity index (χ4n) is 3.27. The average Bonchev–Trinajstić information content (AvgIpc) is 3.43. The number of aromatic nitrogens is 3. The van der Waals surface area contributed by atoms with Gasteiger partial charge in [-0.05, 0) is 38.1 Å². The van der Waals surface area contributed by atoms with Gasteiger partial charge in [-0.25, -0.2) is 22.4 Å². The fraction of sp³-hybridized carbons (Fsp3) is 0.136. The first-order valence-electron chi connectivity index (χ1n) is 9.76. The zero-order valence-corrected chi connectivity index (χ0v) is 19.1. The smallest absolute Gasteiger partial charge is 0.266 e. The van der Waals surface area contributed by atoms with Gasteiger partial charge in [-0.3, -0.25) is 4.79 Å². The van der Waals surface area contributed by atoms with Crippen LogP contribution in [0.1, 0.15) is 11.4 Å². The van der Waals surface area contributed by atoms with Crippen molar-refractivity contribution in [2.24, 2.45) is 0 Å². The highest BCUT2D eigenvalue weighted by molar-refractivity contribution is 7.93. The molecule has 2 heterocycles. The van der Waals surface area contributed by atoms with E-state index in [-0.39, 0.29) is 10.0 Å². The van der Waals surface area contributed by atoms with E-state index in [4.69, 9.17) is 0 Å². The minimum absolute atomic E-state index is 0.0901. The van der Waals surface area contributed by atoms with Crippen molar-refractivity contribution >= 4 is 38.1 Å². The quantitative estimate of drug-likeness (QED) is 0.446. The lowest BCUT2D eigenvalue weighted by molar-refractivity contribution is -0.114. The second-order valence-corrected chi connectivity index (χ2v) is 9.72. The van der Waals surface area contributed by atoms with Crippen LogP contribution in [0.15, 0.2) is 77.1 Å². The summed E-state index contributed by atoms with van der Waals surface area (Å²) in [5.41, 5.74) is 2.79. The van der Waals surface area contributed by atoms with Gasteiger partial charge in [0.2, 0.25) is 5.91 Å². The summed E-state index contributed by atoms with van der Waals surface area (Å²) in [5, 5.41) is 9.24. The topological polar surface area (TPSA) is 97.2 Å². The summed E-state index contributed by atoms with van der Waals surface area (Å²) in [6, 6.07) is 17.6. The van der Waals surface area contributed by atoms with Crippen LogP contribution in [0.4, 0.5) is 10.8 Å². The van der Waals surface area contributed by atoms with Crippen LogP contribution in [0.5, 0.6) is 0 Å². The molecule has 8 nitrogen and oxygen atoms in total. The lowest BCUT2D eigenvalue weighted by atomic mass is 10.3. The Morgan fingerprint density at radius 1 is 1.06 bits per heavy atom. The van der Waals surface area contributed by atoms with Crippen LogP contribution in [0.3, 0.4) is 0 Å². The lowest BCUT2D eigenvalue weighted by Gasteiger charge is -2.21. The van der Waals surface area contributed by atoms with Crippen molar-refractivity contribution < 1.29 is 13.2 Å². The lowest BCUT2D eigenvalue weighted by Crippen LogP contribution is -2.38. The Bertz CT molecular complexity index is 1320. The molecule has 4 aromatic rings. The molecular weight excluding hydrogens is 446 g/mol. The third kappa shape index (κ3) is 4.27. The molecule has 2 aromatic heterocycles. The Morgan fingerprint density at radius 2 is 1.72 bits per heavy atom. The summed E-state index contributed by atoms with van der Waals surface area (Å²) in [4.78, 5) is 17.2. The van der Waals surface area contributed by atoms with Crippen molar-refractivity contribution in [3.05, 3.63) is 83.6 Å². The molecule has 0 spiro atoms. The normalized spacial score (nSPS) is 11.3. The number of para-hydroxylation sites is 1. The van der Waals surface area contributed by atoms with Crippen molar-refractivity contribution in [2.45, 2.75) is 18.7 Å². The Kier molecular flexibility index (Phi) is 6.06. The van der Waals surface area contributed by atoms with E-state index in [9.17, 15) is 13.2 Å². The molecule has 0 bridgehead atoms. The van der Waals surface area contributed by atoms with E-state index < -0.39 is 22.5 Å². The number of anilines is 2. The van der Waals surface area contributed by atoms with Crippen molar-refractivity contribution in [2.75, 3.05) is 16.2 Å². The van der Waals surface area contributed by atoms with Gasteiger partial charge < -0.3 is 5.32 Å². The van der Waals surface area contributed by atoms with Crippen LogP contribution in [-0.2, 0) is 14.8 Å². The fourth-order valence-corrected chi connectivity index (χ4v) is 5.53. The first-order chi connectivity index (χ1) is 15.4. The molecule has 0 unspecified atom stereocenters. The van der Waals surface area contributed by atoms with E-state index in [1.54, 1.807) is 35.2 Å². The maximum absolute atomic E-state index is 13.2. The maximum atomic E-state index is 13.2. The molecule has 32 heavy (non-hydrogen) atoms. The van der Waals surface area contributed by atoms with E-state index in [1.807, 2.05) is 37.3 Å². The third-order valence-electron chi connectivity index (χ3n) is 4.81. The molecule has 1 amide bonds. The zero-order valence-electron chi connectivity index (χ0n) is 17.5. The molecule has 0 aliphatic rings. The Morgan fingerprint density at radius 3 is 2.34 bits per heavy atom. The first kappa shape index (κ1) is 21.7. The summed E-state index contributed by atoms with van der Waals surface area (Å²) < 4.78 is 29.2. The van der Waals surface area contributed by atoms with Gasteiger partial charge in [-0.15, -0.1) is 11.3 Å². The number of carbonyl (C=O) groups is 1. The Hall–Kier alpha value is -3.50. The summed E-state index contributed by atoms with van der Waals surface area (Å²) in [6.45, 7) is 3.23. The molecule has 0 aliphatic heterocycles. The molecule has 10 heteroatoms. The van der Waals surface area contributed by atoms with Crippen molar-refractivity contribution in [3.63, 3.8) is 0 Å². The van der Waals surface area contributed by atoms with E-state index in [0.29, 0.717) is 11.4 Å². The van der Waals surface area contributed by atoms with Crippen LogP contribution in [-0.4, -0.2) is 35.6 Å². The molecular formula is C22H21N5O3S2. The number of nitrogens with zero attached hydrogens (tertiary/aromatic N) is 4. The maximum Gasteiger partial charge on any atom is 0.266 e. The number of amides is 1. The van der Waals surface area contributed by atoms with Crippen LogP contribution in [0.2, 0.25) is 0 Å². The number of aryl methyl sites for hydroxylation is 1. The first-order valence-corrected chi connectivity index (χ1v) is 12.1. The van der Waals surface area contributed by atoms with E-state index in [0.717, 1.165) is 27.0 Å². The molecule has 0 radical (unpaired) electrons. The molecule has 0 saturated heterocycles. The highest BCUT2D eigenvalue weighted by atomic mass is 32.2. The van der Waals surface area contributed by atoms with Crippen molar-refractivity contribution in [1.29, 1.82) is 0 Å². The molecule has 0 aliphatic carbocycles. The molecule has 0 fully saturated rings. The number of rotatable bonds is 7. The van der Waals surface area contributed by atoms with E-state index in [2.05, 4.69) is 15.4 Å². The van der Waals surface area contributed by atoms with Gasteiger partial charge in [0.1, 0.15) is 6.54 Å². The van der Waals surface area contributed by atoms with Crippen molar-refractivity contribution in [1.82, 2.24) is 14.8 Å². The number of carbonyl (C=O) groups excluding carboxylic acids is 1. The zero-order chi connectivity index (χ0) is 22.7. The minimum atomic E-state index is -3.97. The number of nitrogens with one attached hydrogen (secondary N) is 1. The molecule has 0 atom stereocenters. The van der Waals surface area contributed by atoms with Crippen LogP contribution in [0.25, 0.3) is 5.69 Å². The van der Waals surface area contributed by atoms with Crippen LogP contribution >= 0.6 is 11.3 Å². The number of thiazole rings is 1. The second-order valence-electron chi connectivity index (χ2n) is 6.98. The number of hydrogen-bond acceptors (Lipinski definition) is 6. The van der Waals surface area contributed by atoms with Gasteiger partial charge in [0, 0.05) is 11.6 Å². The molecule has 4 rings (SSSR count). The molecule has 1 N–H and O–H groups in total. The van der Waals surface area contributed by atoms with Crippen molar-refractivity contribution in [3.8, 4) is 5.69 Å². The molecule has 164 valence electrons. The summed E-state index contributed by atoms with van der Waals surface area (Å²) in [7, 11) is -3.97. The molecule has 2 aromatic carbocycles. The number of sulfonamides is 1. The average molecular weight is 468 g/mol. The van der Waals surface area contributed by atoms with Gasteiger partial charge >= 0.3 is 0 Å². The van der Waals surface area contributed by atoms with Crippen LogP contribution in [0, 0.1) is 13.8 Å². The predicted octanol–water partition coefficient (Wildman–Crippen LogP) is 3.78. The highest BCUT2D eigenvalue weighted by Crippen LogP contribution is 2.27. The van der Waals surface area contributed by atoms with Gasteiger partial charge in [0.25, 0.3) is 10.0 Å². The second kappa shape index (κ2) is 8.93. The Balaban J connectivity index is 1.61. The van der Waals surface area contributed by atoms with Gasteiger partial charge in [-0.1, -0.05) is 36.4 Å². The highest BCUT2D eigenvalue weighted by Gasteiger charge is 2.29. The summed E-state index contributed by atoms with van der Waals surface area (Å²) in [5.74, 6) is -0.487. The summed E-state index contributed by atoms with van der Waals surface area (Å²) >= 11 is 1.15. The monoisotopic (exact) mass is 467 g/mol. The standard InChI is InChI=1S/C22H21N5O3S2/c1-16-21(17(2)27(25-16)18-9-5-3-6-10-18)24-20(28)15-26(22-23-13-14-31-22)32(29,30)19-11-7-4-8-12-19/h3-14H,15H2,1-2H3,(H,24,28). The SMILES string of the molecule is Cc1nn(-c2ccccc2)c(C)c1NC(=O)CN(c1nccs1)S(=O)(=O)c1ccccc1.